The van der Waals surface area contributed by atoms with E-state index in [-0.39, 0.29) is 5.69 Å². The molecule has 0 radical (unpaired) electrons. The molecule has 0 saturated carbocycles. The van der Waals surface area contributed by atoms with E-state index in [2.05, 4.69) is 21.0 Å². The molecule has 180 valence electrons. The smallest absolute Gasteiger partial charge is 0.293 e. The number of nitrogens with zero attached hydrogens (tertiary/aromatic N) is 6. The minimum absolute atomic E-state index is 0.290. The van der Waals surface area contributed by atoms with Crippen LogP contribution in [-0.2, 0) is 18.6 Å². The zero-order valence-electron chi connectivity index (χ0n) is 19.5. The van der Waals surface area contributed by atoms with Crippen molar-refractivity contribution in [2.75, 3.05) is 0 Å². The molecule has 0 aliphatic carbocycles. The van der Waals surface area contributed by atoms with E-state index in [1.165, 1.54) is 21.5 Å². The summed E-state index contributed by atoms with van der Waals surface area (Å²) < 4.78 is 42.7. The van der Waals surface area contributed by atoms with Gasteiger partial charge in [0.15, 0.2) is 0 Å². The molecule has 0 spiro atoms. The predicted octanol–water partition coefficient (Wildman–Crippen LogP) is 5.15. The summed E-state index contributed by atoms with van der Waals surface area (Å²) >= 11 is 0. The summed E-state index contributed by atoms with van der Waals surface area (Å²) in [4.78, 5) is 25.9. The van der Waals surface area contributed by atoms with Gasteiger partial charge in [0.1, 0.15) is 0 Å². The maximum absolute atomic E-state index is 13.3. The zero-order chi connectivity index (χ0) is 25.8. The fraction of sp³-hybridized carbons (Fsp3) is 0.192. The lowest BCUT2D eigenvalue weighted by Gasteiger charge is -2.15. The lowest BCUT2D eigenvalue weighted by Crippen LogP contribution is -2.21. The highest BCUT2D eigenvalue weighted by Crippen LogP contribution is 2.33. The molecular formula is C26H19F3N6O. The Kier molecular flexibility index (Phi) is 5.17. The fourth-order valence-corrected chi connectivity index (χ4v) is 4.11. The zero-order valence-corrected chi connectivity index (χ0v) is 19.5. The SMILES string of the molecule is Cn1c(=O)n(-c2ccc(C(C)(C)C#N)nc2)c2c3cc(-c4cncc(C(F)(F)F)c4)ccc3ncc21. The Morgan fingerprint density at radius 3 is 2.39 bits per heavy atom. The van der Waals surface area contributed by atoms with Crippen LogP contribution in [0.2, 0.25) is 0 Å². The molecule has 4 heterocycles. The van der Waals surface area contributed by atoms with Gasteiger partial charge in [-0.3, -0.25) is 24.1 Å². The standard InChI is InChI=1S/C26H19F3N6O/c1-25(2,14-30)22-7-5-18(12-33-22)35-23-19-9-15(16-8-17(11-31-10-16)26(27,28)29)4-6-20(19)32-13-21(23)34(3)24(35)36/h4-13H,1-3H3. The van der Waals surface area contributed by atoms with Crippen molar-refractivity contribution >= 4 is 21.9 Å². The van der Waals surface area contributed by atoms with E-state index < -0.39 is 17.2 Å². The molecule has 0 aliphatic rings. The number of alkyl halides is 3. The van der Waals surface area contributed by atoms with E-state index in [0.717, 1.165) is 12.3 Å². The van der Waals surface area contributed by atoms with Crippen molar-refractivity contribution in [3.63, 3.8) is 0 Å². The molecule has 1 aromatic carbocycles. The number of imidazole rings is 1. The van der Waals surface area contributed by atoms with Gasteiger partial charge in [-0.05, 0) is 49.7 Å². The Morgan fingerprint density at radius 1 is 0.944 bits per heavy atom. The van der Waals surface area contributed by atoms with Gasteiger partial charge in [0, 0.05) is 30.4 Å². The molecule has 0 saturated heterocycles. The number of halogens is 3. The first kappa shape index (κ1) is 23.2. The maximum atomic E-state index is 13.3. The molecule has 36 heavy (non-hydrogen) atoms. The third-order valence-electron chi connectivity index (χ3n) is 6.21. The number of pyridine rings is 3. The van der Waals surface area contributed by atoms with Gasteiger partial charge in [0.25, 0.3) is 0 Å². The number of benzene rings is 1. The Hall–Kier alpha value is -4.52. The van der Waals surface area contributed by atoms with E-state index in [1.54, 1.807) is 57.4 Å². The Bertz CT molecular complexity index is 1740. The number of nitriles is 1. The van der Waals surface area contributed by atoms with E-state index in [1.807, 2.05) is 0 Å². The van der Waals surface area contributed by atoms with Crippen LogP contribution in [0.1, 0.15) is 25.1 Å². The number of hydrogen-bond acceptors (Lipinski definition) is 5. The molecule has 0 aliphatic heterocycles. The van der Waals surface area contributed by atoms with Crippen LogP contribution in [0.3, 0.4) is 0 Å². The lowest BCUT2D eigenvalue weighted by molar-refractivity contribution is -0.137. The van der Waals surface area contributed by atoms with Crippen molar-refractivity contribution in [2.24, 2.45) is 7.05 Å². The van der Waals surface area contributed by atoms with Gasteiger partial charge < -0.3 is 0 Å². The summed E-state index contributed by atoms with van der Waals surface area (Å²) in [6.45, 7) is 3.50. The highest BCUT2D eigenvalue weighted by Gasteiger charge is 2.31. The van der Waals surface area contributed by atoms with Crippen LogP contribution in [0, 0.1) is 11.3 Å². The Morgan fingerprint density at radius 2 is 1.72 bits per heavy atom. The van der Waals surface area contributed by atoms with E-state index in [0.29, 0.717) is 44.4 Å². The van der Waals surface area contributed by atoms with Crippen LogP contribution in [0.4, 0.5) is 13.2 Å². The summed E-state index contributed by atoms with van der Waals surface area (Å²) in [5.74, 6) is 0. The number of rotatable bonds is 3. The average molecular weight is 488 g/mol. The van der Waals surface area contributed by atoms with Gasteiger partial charge in [0.2, 0.25) is 0 Å². The summed E-state index contributed by atoms with van der Waals surface area (Å²) in [5.41, 5.74) is 1.53. The van der Waals surface area contributed by atoms with Crippen molar-refractivity contribution in [2.45, 2.75) is 25.4 Å². The Balaban J connectivity index is 1.75. The molecule has 0 bridgehead atoms. The van der Waals surface area contributed by atoms with Crippen LogP contribution in [0.5, 0.6) is 0 Å². The van der Waals surface area contributed by atoms with Gasteiger partial charge in [-0.2, -0.15) is 18.4 Å². The van der Waals surface area contributed by atoms with Crippen LogP contribution in [-0.4, -0.2) is 24.1 Å². The van der Waals surface area contributed by atoms with Crippen molar-refractivity contribution in [3.8, 4) is 22.9 Å². The fourth-order valence-electron chi connectivity index (χ4n) is 4.11. The van der Waals surface area contributed by atoms with Crippen LogP contribution in [0.25, 0.3) is 38.8 Å². The minimum atomic E-state index is -4.52. The van der Waals surface area contributed by atoms with Crippen molar-refractivity contribution in [1.29, 1.82) is 5.26 Å². The van der Waals surface area contributed by atoms with Crippen molar-refractivity contribution in [1.82, 2.24) is 24.1 Å². The molecule has 0 atom stereocenters. The minimum Gasteiger partial charge on any atom is -0.293 e. The van der Waals surface area contributed by atoms with Gasteiger partial charge in [0.05, 0.1) is 57.4 Å². The quantitative estimate of drug-likeness (QED) is 0.350. The number of hydrogen-bond donors (Lipinski definition) is 0. The van der Waals surface area contributed by atoms with E-state index in [9.17, 15) is 23.2 Å². The molecule has 0 amide bonds. The summed E-state index contributed by atoms with van der Waals surface area (Å²) in [7, 11) is 1.62. The maximum Gasteiger partial charge on any atom is 0.417 e. The Labute approximate surface area is 203 Å². The summed E-state index contributed by atoms with van der Waals surface area (Å²) in [6, 6.07) is 11.7. The number of fused-ring (bicyclic) bond motifs is 3. The number of aryl methyl sites for hydroxylation is 1. The molecule has 0 unspecified atom stereocenters. The molecule has 7 nitrogen and oxygen atoms in total. The third-order valence-corrected chi connectivity index (χ3v) is 6.21. The topological polar surface area (TPSA) is 89.4 Å². The average Bonchev–Trinajstić information content (AvgIpc) is 3.13. The van der Waals surface area contributed by atoms with Gasteiger partial charge in [-0.25, -0.2) is 4.79 Å². The molecule has 5 rings (SSSR count). The normalized spacial score (nSPS) is 12.2. The van der Waals surface area contributed by atoms with Crippen molar-refractivity contribution < 1.29 is 13.2 Å². The van der Waals surface area contributed by atoms with Crippen LogP contribution < -0.4 is 5.69 Å². The van der Waals surface area contributed by atoms with Gasteiger partial charge in [-0.1, -0.05) is 6.07 Å². The van der Waals surface area contributed by atoms with E-state index >= 15 is 0 Å². The molecule has 4 aromatic heterocycles. The highest BCUT2D eigenvalue weighted by molar-refractivity contribution is 6.04. The largest absolute Gasteiger partial charge is 0.417 e. The molecule has 0 fully saturated rings. The number of aromatic nitrogens is 5. The first-order valence-corrected chi connectivity index (χ1v) is 10.9. The predicted molar refractivity (Wildman–Crippen MR) is 128 cm³/mol. The highest BCUT2D eigenvalue weighted by atomic mass is 19.4. The molecule has 0 N–H and O–H groups in total. The first-order chi connectivity index (χ1) is 17.0. The van der Waals surface area contributed by atoms with Crippen LogP contribution in [0.15, 0.2) is 66.0 Å². The second-order valence-electron chi connectivity index (χ2n) is 9.00. The first-order valence-electron chi connectivity index (χ1n) is 10.9. The third kappa shape index (κ3) is 3.69. The van der Waals surface area contributed by atoms with E-state index in [4.69, 9.17) is 0 Å². The summed E-state index contributed by atoms with van der Waals surface area (Å²) in [6.07, 6.45) is 0.739. The second kappa shape index (κ2) is 8.02. The molecular weight excluding hydrogens is 469 g/mol. The van der Waals surface area contributed by atoms with Crippen LogP contribution >= 0.6 is 0 Å². The van der Waals surface area contributed by atoms with Crippen molar-refractivity contribution in [3.05, 3.63) is 82.9 Å². The monoisotopic (exact) mass is 488 g/mol. The lowest BCUT2D eigenvalue weighted by atomic mass is 9.91. The summed E-state index contributed by atoms with van der Waals surface area (Å²) in [5, 5.41) is 9.99. The molecule has 10 heteroatoms. The van der Waals surface area contributed by atoms with Gasteiger partial charge in [-0.15, -0.1) is 0 Å². The van der Waals surface area contributed by atoms with Gasteiger partial charge >= 0.3 is 11.9 Å². The molecule has 5 aromatic rings. The second-order valence-corrected chi connectivity index (χ2v) is 9.00.